The first-order valence-corrected chi connectivity index (χ1v) is 6.42. The summed E-state index contributed by atoms with van der Waals surface area (Å²) in [6, 6.07) is 7.33. The molecule has 1 aliphatic rings. The standard InChI is InChI=1S/C14H20N2O3/c1-14(2,7-8-15)16-13(17)12-9-18-10-5-3-4-6-11(10)19-12/h3-6,12H,7-9,15H2,1-2H3,(H,16,17). The topological polar surface area (TPSA) is 73.6 Å². The lowest BCUT2D eigenvalue weighted by Crippen LogP contribution is -2.52. The van der Waals surface area contributed by atoms with Gasteiger partial charge >= 0.3 is 0 Å². The molecule has 5 heteroatoms. The van der Waals surface area contributed by atoms with Gasteiger partial charge in [-0.25, -0.2) is 0 Å². The first-order valence-electron chi connectivity index (χ1n) is 6.42. The monoisotopic (exact) mass is 264 g/mol. The van der Waals surface area contributed by atoms with Gasteiger partial charge in [0.15, 0.2) is 11.5 Å². The number of hydrogen-bond donors (Lipinski definition) is 2. The van der Waals surface area contributed by atoms with E-state index in [0.29, 0.717) is 24.5 Å². The Morgan fingerprint density at radius 3 is 2.79 bits per heavy atom. The van der Waals surface area contributed by atoms with E-state index in [4.69, 9.17) is 15.2 Å². The van der Waals surface area contributed by atoms with Crippen molar-refractivity contribution in [3.8, 4) is 11.5 Å². The van der Waals surface area contributed by atoms with E-state index in [1.807, 2.05) is 32.0 Å². The molecule has 1 aromatic rings. The van der Waals surface area contributed by atoms with Crippen LogP contribution in [-0.2, 0) is 4.79 Å². The Labute approximate surface area is 113 Å². The summed E-state index contributed by atoms with van der Waals surface area (Å²) >= 11 is 0. The quantitative estimate of drug-likeness (QED) is 0.853. The molecule has 1 aromatic carbocycles. The maximum Gasteiger partial charge on any atom is 0.265 e. The van der Waals surface area contributed by atoms with Crippen molar-refractivity contribution in [2.24, 2.45) is 5.73 Å². The number of carbonyl (C=O) groups excluding carboxylic acids is 1. The summed E-state index contributed by atoms with van der Waals surface area (Å²) in [5, 5.41) is 2.93. The first-order chi connectivity index (χ1) is 9.02. The van der Waals surface area contributed by atoms with Crippen LogP contribution in [0.3, 0.4) is 0 Å². The van der Waals surface area contributed by atoms with Crippen molar-refractivity contribution in [3.63, 3.8) is 0 Å². The number of nitrogens with one attached hydrogen (secondary N) is 1. The van der Waals surface area contributed by atoms with Gasteiger partial charge in [-0.15, -0.1) is 0 Å². The summed E-state index contributed by atoms with van der Waals surface area (Å²) in [5.41, 5.74) is 5.18. The number of fused-ring (bicyclic) bond motifs is 1. The third-order valence-corrected chi connectivity index (χ3v) is 3.03. The number of carbonyl (C=O) groups is 1. The molecule has 1 aliphatic heterocycles. The molecule has 1 atom stereocenters. The maximum atomic E-state index is 12.1. The first kappa shape index (κ1) is 13.7. The SMILES string of the molecule is CC(C)(CCN)NC(=O)C1COc2ccccc2O1. The van der Waals surface area contributed by atoms with Crippen LogP contribution >= 0.6 is 0 Å². The molecule has 104 valence electrons. The molecule has 0 saturated carbocycles. The number of hydrogen-bond acceptors (Lipinski definition) is 4. The third-order valence-electron chi connectivity index (χ3n) is 3.03. The molecular weight excluding hydrogens is 244 g/mol. The predicted octanol–water partition coefficient (Wildman–Crippen LogP) is 1.07. The summed E-state index contributed by atoms with van der Waals surface area (Å²) in [4.78, 5) is 12.1. The highest BCUT2D eigenvalue weighted by Gasteiger charge is 2.30. The molecule has 0 bridgehead atoms. The Balaban J connectivity index is 1.99. The van der Waals surface area contributed by atoms with Crippen LogP contribution in [0.1, 0.15) is 20.3 Å². The molecule has 1 heterocycles. The zero-order valence-electron chi connectivity index (χ0n) is 11.3. The number of rotatable bonds is 4. The highest BCUT2D eigenvalue weighted by molar-refractivity contribution is 5.82. The van der Waals surface area contributed by atoms with Crippen LogP contribution in [0.25, 0.3) is 0 Å². The number of nitrogens with two attached hydrogens (primary N) is 1. The van der Waals surface area contributed by atoms with E-state index in [0.717, 1.165) is 0 Å². The van der Waals surface area contributed by atoms with Crippen LogP contribution in [0.4, 0.5) is 0 Å². The fourth-order valence-electron chi connectivity index (χ4n) is 1.99. The highest BCUT2D eigenvalue weighted by atomic mass is 16.6. The van der Waals surface area contributed by atoms with Crippen molar-refractivity contribution >= 4 is 5.91 Å². The number of ether oxygens (including phenoxy) is 2. The van der Waals surface area contributed by atoms with Gasteiger partial charge in [-0.05, 0) is 38.9 Å². The normalized spacial score (nSPS) is 17.9. The minimum Gasteiger partial charge on any atom is -0.485 e. The molecule has 1 unspecified atom stereocenters. The Morgan fingerprint density at radius 2 is 2.11 bits per heavy atom. The highest BCUT2D eigenvalue weighted by Crippen LogP contribution is 2.30. The Hall–Kier alpha value is -1.75. The van der Waals surface area contributed by atoms with Gasteiger partial charge in [-0.2, -0.15) is 0 Å². The van der Waals surface area contributed by atoms with Gasteiger partial charge in [0.2, 0.25) is 6.10 Å². The molecule has 0 aliphatic carbocycles. The Bertz CT molecular complexity index is 460. The fraction of sp³-hybridized carbons (Fsp3) is 0.500. The molecular formula is C14H20N2O3. The van der Waals surface area contributed by atoms with E-state index in [2.05, 4.69) is 5.32 Å². The average molecular weight is 264 g/mol. The van der Waals surface area contributed by atoms with Crippen LogP contribution < -0.4 is 20.5 Å². The lowest BCUT2D eigenvalue weighted by molar-refractivity contribution is -0.132. The average Bonchev–Trinajstić information content (AvgIpc) is 2.37. The zero-order valence-corrected chi connectivity index (χ0v) is 11.3. The zero-order chi connectivity index (χ0) is 13.9. The lowest BCUT2D eigenvalue weighted by atomic mass is 10.0. The van der Waals surface area contributed by atoms with Gasteiger partial charge in [-0.1, -0.05) is 12.1 Å². The largest absolute Gasteiger partial charge is 0.485 e. The van der Waals surface area contributed by atoms with Crippen molar-refractivity contribution in [1.29, 1.82) is 0 Å². The van der Waals surface area contributed by atoms with E-state index in [1.54, 1.807) is 6.07 Å². The van der Waals surface area contributed by atoms with E-state index >= 15 is 0 Å². The molecule has 3 N–H and O–H groups in total. The van der Waals surface area contributed by atoms with Crippen LogP contribution in [0.15, 0.2) is 24.3 Å². The minimum absolute atomic E-state index is 0.173. The van der Waals surface area contributed by atoms with Crippen molar-refractivity contribution in [1.82, 2.24) is 5.32 Å². The Morgan fingerprint density at radius 1 is 1.42 bits per heavy atom. The molecule has 5 nitrogen and oxygen atoms in total. The summed E-state index contributed by atoms with van der Waals surface area (Å²) < 4.78 is 11.2. The van der Waals surface area contributed by atoms with Gasteiger partial charge < -0.3 is 20.5 Å². The maximum absolute atomic E-state index is 12.1. The lowest BCUT2D eigenvalue weighted by Gasteiger charge is -2.30. The van der Waals surface area contributed by atoms with Crippen LogP contribution in [0.5, 0.6) is 11.5 Å². The molecule has 2 rings (SSSR count). The third kappa shape index (κ3) is 3.38. The van der Waals surface area contributed by atoms with Gasteiger partial charge in [-0.3, -0.25) is 4.79 Å². The van der Waals surface area contributed by atoms with E-state index in [1.165, 1.54) is 0 Å². The summed E-state index contributed by atoms with van der Waals surface area (Å²) in [7, 11) is 0. The van der Waals surface area contributed by atoms with E-state index in [9.17, 15) is 4.79 Å². The number of benzene rings is 1. The predicted molar refractivity (Wildman–Crippen MR) is 72.2 cm³/mol. The molecule has 0 aromatic heterocycles. The molecule has 19 heavy (non-hydrogen) atoms. The van der Waals surface area contributed by atoms with Gasteiger partial charge in [0.1, 0.15) is 6.61 Å². The van der Waals surface area contributed by atoms with Crippen LogP contribution in [0, 0.1) is 0 Å². The molecule has 0 radical (unpaired) electrons. The fourth-order valence-corrected chi connectivity index (χ4v) is 1.99. The molecule has 0 saturated heterocycles. The van der Waals surface area contributed by atoms with E-state index < -0.39 is 6.10 Å². The van der Waals surface area contributed by atoms with Gasteiger partial charge in [0, 0.05) is 5.54 Å². The summed E-state index contributed by atoms with van der Waals surface area (Å²) in [6.07, 6.45) is 0.0926. The van der Waals surface area contributed by atoms with Gasteiger partial charge in [0.05, 0.1) is 0 Å². The second kappa shape index (κ2) is 5.48. The van der Waals surface area contributed by atoms with E-state index in [-0.39, 0.29) is 18.1 Å². The van der Waals surface area contributed by atoms with Crippen LogP contribution in [-0.4, -0.2) is 30.7 Å². The second-order valence-corrected chi connectivity index (χ2v) is 5.28. The molecule has 0 fully saturated rings. The van der Waals surface area contributed by atoms with Crippen molar-refractivity contribution in [2.75, 3.05) is 13.2 Å². The Kier molecular flexibility index (Phi) is 3.95. The number of para-hydroxylation sites is 2. The second-order valence-electron chi connectivity index (χ2n) is 5.28. The summed E-state index contributed by atoms with van der Waals surface area (Å²) in [5.74, 6) is 1.10. The summed E-state index contributed by atoms with van der Waals surface area (Å²) in [6.45, 7) is 4.63. The molecule has 1 amide bonds. The smallest absolute Gasteiger partial charge is 0.265 e. The minimum atomic E-state index is -0.619. The number of amides is 1. The van der Waals surface area contributed by atoms with Crippen molar-refractivity contribution in [3.05, 3.63) is 24.3 Å². The van der Waals surface area contributed by atoms with Gasteiger partial charge in [0.25, 0.3) is 5.91 Å². The van der Waals surface area contributed by atoms with Crippen molar-refractivity contribution < 1.29 is 14.3 Å². The van der Waals surface area contributed by atoms with Crippen molar-refractivity contribution in [2.45, 2.75) is 31.9 Å². The van der Waals surface area contributed by atoms with Crippen LogP contribution in [0.2, 0.25) is 0 Å². The molecule has 0 spiro atoms.